The van der Waals surface area contributed by atoms with Crippen LogP contribution in [-0.2, 0) is 13.0 Å². The summed E-state index contributed by atoms with van der Waals surface area (Å²) in [6, 6.07) is 5.82. The third-order valence-corrected chi connectivity index (χ3v) is 5.71. The average molecular weight is 396 g/mol. The summed E-state index contributed by atoms with van der Waals surface area (Å²) in [5.74, 6) is 1.85. The minimum Gasteiger partial charge on any atom is -0.619 e. The van der Waals surface area contributed by atoms with Crippen LogP contribution in [0.2, 0.25) is 0 Å². The van der Waals surface area contributed by atoms with Crippen LogP contribution < -0.4 is 15.4 Å². The number of aryl methyl sites for hydroxylation is 1. The van der Waals surface area contributed by atoms with Gasteiger partial charge in [0.2, 0.25) is 0 Å². The Balaban J connectivity index is 1.62. The average Bonchev–Trinajstić information content (AvgIpc) is 3.15. The largest absolute Gasteiger partial charge is 0.619 e. The lowest BCUT2D eigenvalue weighted by Gasteiger charge is -2.31. The molecular weight excluding hydrogens is 368 g/mol. The van der Waals surface area contributed by atoms with Gasteiger partial charge in [0, 0.05) is 48.4 Å². The van der Waals surface area contributed by atoms with E-state index in [1.165, 1.54) is 12.6 Å². The summed E-state index contributed by atoms with van der Waals surface area (Å²) in [6.07, 6.45) is 10.1. The second-order valence-corrected chi connectivity index (χ2v) is 7.69. The van der Waals surface area contributed by atoms with Gasteiger partial charge in [-0.05, 0) is 25.3 Å². The van der Waals surface area contributed by atoms with Crippen molar-refractivity contribution in [2.24, 2.45) is 5.92 Å². The number of aliphatic hydroxyl groups is 1. The van der Waals surface area contributed by atoms with E-state index < -0.39 is 0 Å². The molecule has 0 spiro atoms. The number of hydrogen-bond acceptors (Lipinski definition) is 6. The third-order valence-electron chi connectivity index (χ3n) is 5.71. The molecule has 154 valence electrons. The van der Waals surface area contributed by atoms with Crippen molar-refractivity contribution in [3.63, 3.8) is 0 Å². The van der Waals surface area contributed by atoms with Crippen molar-refractivity contribution in [2.45, 2.75) is 51.6 Å². The molecule has 0 bridgehead atoms. The summed E-state index contributed by atoms with van der Waals surface area (Å²) in [5, 5.41) is 32.7. The Hall–Kier alpha value is -2.87. The Kier molecular flexibility index (Phi) is 5.80. The topological polar surface area (TPSA) is 101 Å². The lowest BCUT2D eigenvalue weighted by atomic mass is 9.85. The summed E-state index contributed by atoms with van der Waals surface area (Å²) in [7, 11) is 0. The number of aromatic nitrogens is 4. The van der Waals surface area contributed by atoms with Crippen LogP contribution >= 0.6 is 0 Å². The summed E-state index contributed by atoms with van der Waals surface area (Å²) in [5.41, 5.74) is 2.79. The van der Waals surface area contributed by atoms with E-state index in [-0.39, 0.29) is 18.6 Å². The van der Waals surface area contributed by atoms with Crippen LogP contribution in [0.15, 0.2) is 36.8 Å². The van der Waals surface area contributed by atoms with Gasteiger partial charge in [-0.25, -0.2) is 4.98 Å². The van der Waals surface area contributed by atoms with Crippen LogP contribution in [0.25, 0.3) is 5.65 Å². The minimum absolute atomic E-state index is 0.196. The first-order valence-corrected chi connectivity index (χ1v) is 10.3. The third kappa shape index (κ3) is 4.27. The molecule has 0 amide bonds. The minimum atomic E-state index is 0.196. The van der Waals surface area contributed by atoms with Crippen LogP contribution in [0.1, 0.15) is 43.7 Å². The second kappa shape index (κ2) is 8.65. The Bertz CT molecular complexity index is 973. The predicted molar refractivity (Wildman–Crippen MR) is 112 cm³/mol. The maximum atomic E-state index is 11.5. The fraction of sp³-hybridized carbons (Fsp3) is 0.476. The molecule has 3 aromatic heterocycles. The molecule has 3 heterocycles. The molecule has 1 aliphatic carbocycles. The number of aliphatic hydroxyl groups excluding tert-OH is 1. The molecule has 0 aromatic carbocycles. The van der Waals surface area contributed by atoms with E-state index >= 15 is 0 Å². The number of nitrogens with one attached hydrogen (secondary N) is 2. The monoisotopic (exact) mass is 396 g/mol. The maximum absolute atomic E-state index is 11.5. The highest BCUT2D eigenvalue weighted by Gasteiger charge is 2.25. The van der Waals surface area contributed by atoms with Gasteiger partial charge >= 0.3 is 0 Å². The maximum Gasteiger partial charge on any atom is 0.185 e. The van der Waals surface area contributed by atoms with E-state index in [0.29, 0.717) is 6.54 Å². The van der Waals surface area contributed by atoms with Crippen molar-refractivity contribution in [2.75, 3.05) is 17.2 Å². The highest BCUT2D eigenvalue weighted by atomic mass is 16.5. The standard InChI is InChI=1S/C21H28N6O2/c1-2-16-12-23-27-20(22-11-15-6-5-9-26(29)13-15)10-19(25-21(16)27)24-18-8-4-3-7-17(18)14-28/h5-6,9-10,12-13,17-18,22,28H,2-4,7-8,11,14H2,1H3,(H,24,25)/t17-,18-/m0/s1. The number of rotatable bonds is 7. The van der Waals surface area contributed by atoms with Crippen molar-refractivity contribution in [3.8, 4) is 0 Å². The molecule has 1 fully saturated rings. The SMILES string of the molecule is CCc1cnn2c(NCc3ccc[n+]([O-])c3)cc(N[C@H]3CCCC[C@H]3CO)nc12. The van der Waals surface area contributed by atoms with E-state index in [1.54, 1.807) is 12.3 Å². The number of pyridine rings is 1. The smallest absolute Gasteiger partial charge is 0.185 e. The second-order valence-electron chi connectivity index (χ2n) is 7.69. The Labute approximate surface area is 170 Å². The number of hydrogen-bond donors (Lipinski definition) is 3. The molecular formula is C21H28N6O2. The van der Waals surface area contributed by atoms with Crippen LogP contribution in [0.3, 0.4) is 0 Å². The Morgan fingerprint density at radius 2 is 2.21 bits per heavy atom. The molecule has 4 rings (SSSR count). The molecule has 8 nitrogen and oxygen atoms in total. The van der Waals surface area contributed by atoms with Crippen LogP contribution in [0.4, 0.5) is 11.6 Å². The fourth-order valence-electron chi connectivity index (χ4n) is 4.06. The van der Waals surface area contributed by atoms with Crippen LogP contribution in [0, 0.1) is 11.1 Å². The molecule has 1 saturated carbocycles. The number of nitrogens with zero attached hydrogens (tertiary/aromatic N) is 4. The zero-order valence-electron chi connectivity index (χ0n) is 16.7. The highest BCUT2D eigenvalue weighted by Crippen LogP contribution is 2.28. The molecule has 0 radical (unpaired) electrons. The zero-order valence-corrected chi connectivity index (χ0v) is 16.7. The Morgan fingerprint density at radius 3 is 3.00 bits per heavy atom. The normalized spacial score (nSPS) is 19.4. The first-order chi connectivity index (χ1) is 14.2. The molecule has 0 unspecified atom stereocenters. The van der Waals surface area contributed by atoms with Crippen molar-refractivity contribution < 1.29 is 9.84 Å². The predicted octanol–water partition coefficient (Wildman–Crippen LogP) is 2.50. The van der Waals surface area contributed by atoms with E-state index in [4.69, 9.17) is 4.98 Å². The molecule has 3 aromatic rings. The summed E-state index contributed by atoms with van der Waals surface area (Å²) in [4.78, 5) is 4.81. The zero-order chi connectivity index (χ0) is 20.2. The van der Waals surface area contributed by atoms with Gasteiger partial charge in [0.1, 0.15) is 11.6 Å². The lowest BCUT2D eigenvalue weighted by Crippen LogP contribution is -2.34. The van der Waals surface area contributed by atoms with Gasteiger partial charge in [-0.1, -0.05) is 19.8 Å². The van der Waals surface area contributed by atoms with Crippen LogP contribution in [0.5, 0.6) is 0 Å². The first kappa shape index (κ1) is 19.4. The van der Waals surface area contributed by atoms with Gasteiger partial charge in [0.05, 0.1) is 6.20 Å². The van der Waals surface area contributed by atoms with E-state index in [1.807, 2.05) is 22.8 Å². The van der Waals surface area contributed by atoms with Crippen molar-refractivity contribution >= 4 is 17.3 Å². The molecule has 29 heavy (non-hydrogen) atoms. The fourth-order valence-corrected chi connectivity index (χ4v) is 4.06. The number of fused-ring (bicyclic) bond motifs is 1. The van der Waals surface area contributed by atoms with Crippen molar-refractivity contribution in [3.05, 3.63) is 53.1 Å². The summed E-state index contributed by atoms with van der Waals surface area (Å²) >= 11 is 0. The molecule has 0 saturated heterocycles. The van der Waals surface area contributed by atoms with E-state index in [9.17, 15) is 10.3 Å². The van der Waals surface area contributed by atoms with Gasteiger partial charge in [-0.3, -0.25) is 0 Å². The van der Waals surface area contributed by atoms with Gasteiger partial charge in [-0.2, -0.15) is 14.3 Å². The van der Waals surface area contributed by atoms with Gasteiger partial charge in [0.15, 0.2) is 18.0 Å². The molecule has 8 heteroatoms. The first-order valence-electron chi connectivity index (χ1n) is 10.3. The molecule has 0 aliphatic heterocycles. The molecule has 3 N–H and O–H groups in total. The summed E-state index contributed by atoms with van der Waals surface area (Å²) in [6.45, 7) is 2.79. The quantitative estimate of drug-likeness (QED) is 0.419. The lowest BCUT2D eigenvalue weighted by molar-refractivity contribution is -0.605. The van der Waals surface area contributed by atoms with E-state index in [2.05, 4.69) is 22.7 Å². The molecule has 1 aliphatic rings. The van der Waals surface area contributed by atoms with Gasteiger partial charge < -0.3 is 20.9 Å². The van der Waals surface area contributed by atoms with E-state index in [0.717, 1.165) is 58.8 Å². The highest BCUT2D eigenvalue weighted by molar-refractivity contribution is 5.60. The molecule has 2 atom stereocenters. The van der Waals surface area contributed by atoms with Gasteiger partial charge in [-0.15, -0.1) is 0 Å². The summed E-state index contributed by atoms with van der Waals surface area (Å²) < 4.78 is 2.61. The van der Waals surface area contributed by atoms with Crippen molar-refractivity contribution in [1.82, 2.24) is 14.6 Å². The van der Waals surface area contributed by atoms with Crippen LogP contribution in [-0.4, -0.2) is 32.4 Å². The Morgan fingerprint density at radius 1 is 1.34 bits per heavy atom. The number of anilines is 2. The van der Waals surface area contributed by atoms with Crippen molar-refractivity contribution in [1.29, 1.82) is 0 Å². The van der Waals surface area contributed by atoms with Gasteiger partial charge in [0.25, 0.3) is 0 Å².